The standard InChI is InChI=1S/C16H19N3O/c1-11-6-4-5-7-14(11)18-15-9-8-12(10-13(15)17)16(20)19(2)3/h4-10,18H,17H2,1-3H3. The maximum Gasteiger partial charge on any atom is 0.253 e. The van der Waals surface area contributed by atoms with Gasteiger partial charge in [0.15, 0.2) is 0 Å². The van der Waals surface area contributed by atoms with Crippen LogP contribution in [0.3, 0.4) is 0 Å². The monoisotopic (exact) mass is 269 g/mol. The van der Waals surface area contributed by atoms with Crippen LogP contribution in [-0.2, 0) is 0 Å². The van der Waals surface area contributed by atoms with Gasteiger partial charge in [-0.1, -0.05) is 18.2 Å². The lowest BCUT2D eigenvalue weighted by Crippen LogP contribution is -2.21. The van der Waals surface area contributed by atoms with Gasteiger partial charge in [0.2, 0.25) is 0 Å². The normalized spacial score (nSPS) is 10.2. The molecule has 0 heterocycles. The Balaban J connectivity index is 2.27. The van der Waals surface area contributed by atoms with Gasteiger partial charge in [0.1, 0.15) is 0 Å². The summed E-state index contributed by atoms with van der Waals surface area (Å²) in [6.45, 7) is 2.03. The number of amides is 1. The number of benzene rings is 2. The zero-order chi connectivity index (χ0) is 14.7. The Kier molecular flexibility index (Phi) is 3.94. The first-order chi connectivity index (χ1) is 9.49. The number of hydrogen-bond donors (Lipinski definition) is 2. The number of nitrogens with two attached hydrogens (primary N) is 1. The first-order valence-electron chi connectivity index (χ1n) is 6.43. The maximum atomic E-state index is 11.9. The molecular weight excluding hydrogens is 250 g/mol. The third kappa shape index (κ3) is 2.91. The number of nitrogen functional groups attached to an aromatic ring is 1. The summed E-state index contributed by atoms with van der Waals surface area (Å²) in [6, 6.07) is 13.3. The van der Waals surface area contributed by atoms with Crippen molar-refractivity contribution < 1.29 is 4.79 Å². The summed E-state index contributed by atoms with van der Waals surface area (Å²) in [4.78, 5) is 13.4. The van der Waals surface area contributed by atoms with E-state index in [9.17, 15) is 4.79 Å². The van der Waals surface area contributed by atoms with Crippen LogP contribution >= 0.6 is 0 Å². The Morgan fingerprint density at radius 3 is 2.40 bits per heavy atom. The fourth-order valence-corrected chi connectivity index (χ4v) is 1.93. The predicted octanol–water partition coefficient (Wildman–Crippen LogP) is 3.02. The zero-order valence-corrected chi connectivity index (χ0v) is 12.0. The molecule has 0 saturated carbocycles. The second-order valence-electron chi connectivity index (χ2n) is 4.94. The molecular formula is C16H19N3O. The summed E-state index contributed by atoms with van der Waals surface area (Å²) in [5, 5.41) is 3.29. The summed E-state index contributed by atoms with van der Waals surface area (Å²) in [6.07, 6.45) is 0. The van der Waals surface area contributed by atoms with E-state index in [-0.39, 0.29) is 5.91 Å². The van der Waals surface area contributed by atoms with Crippen LogP contribution in [-0.4, -0.2) is 24.9 Å². The van der Waals surface area contributed by atoms with Crippen LogP contribution in [0.15, 0.2) is 42.5 Å². The molecule has 2 aromatic rings. The van der Waals surface area contributed by atoms with Gasteiger partial charge in [0.05, 0.1) is 11.4 Å². The van der Waals surface area contributed by atoms with Crippen LogP contribution in [0.2, 0.25) is 0 Å². The zero-order valence-electron chi connectivity index (χ0n) is 12.0. The van der Waals surface area contributed by atoms with E-state index in [2.05, 4.69) is 5.32 Å². The molecule has 0 saturated heterocycles. The van der Waals surface area contributed by atoms with Crippen molar-refractivity contribution >= 4 is 23.0 Å². The molecule has 0 aliphatic rings. The van der Waals surface area contributed by atoms with Gasteiger partial charge in [0.25, 0.3) is 5.91 Å². The van der Waals surface area contributed by atoms with Crippen molar-refractivity contribution in [2.75, 3.05) is 25.1 Å². The Morgan fingerprint density at radius 2 is 1.80 bits per heavy atom. The summed E-state index contributed by atoms with van der Waals surface area (Å²) in [5.41, 5.74) is 10.1. The number of nitrogens with one attached hydrogen (secondary N) is 1. The van der Waals surface area contributed by atoms with Crippen molar-refractivity contribution in [1.82, 2.24) is 4.90 Å². The summed E-state index contributed by atoms with van der Waals surface area (Å²) in [7, 11) is 3.44. The molecule has 0 aromatic heterocycles. The molecule has 1 amide bonds. The molecule has 0 unspecified atom stereocenters. The minimum Gasteiger partial charge on any atom is -0.397 e. The average molecular weight is 269 g/mol. The molecule has 2 rings (SSSR count). The number of para-hydroxylation sites is 1. The minimum absolute atomic E-state index is 0.0564. The van der Waals surface area contributed by atoms with E-state index in [1.54, 1.807) is 26.2 Å². The van der Waals surface area contributed by atoms with Crippen molar-refractivity contribution in [3.05, 3.63) is 53.6 Å². The third-order valence-electron chi connectivity index (χ3n) is 3.12. The molecule has 4 heteroatoms. The largest absolute Gasteiger partial charge is 0.397 e. The smallest absolute Gasteiger partial charge is 0.253 e. The lowest BCUT2D eigenvalue weighted by atomic mass is 10.1. The molecule has 104 valence electrons. The SMILES string of the molecule is Cc1ccccc1Nc1ccc(C(=O)N(C)C)cc1N. The first kappa shape index (κ1) is 13.9. The molecule has 3 N–H and O–H groups in total. The fourth-order valence-electron chi connectivity index (χ4n) is 1.93. The third-order valence-corrected chi connectivity index (χ3v) is 3.12. The van der Waals surface area contributed by atoms with Gasteiger partial charge in [-0.25, -0.2) is 0 Å². The van der Waals surface area contributed by atoms with Gasteiger partial charge in [0, 0.05) is 25.3 Å². The van der Waals surface area contributed by atoms with Crippen LogP contribution in [0.1, 0.15) is 15.9 Å². The number of carbonyl (C=O) groups is 1. The van der Waals surface area contributed by atoms with E-state index in [1.165, 1.54) is 4.90 Å². The Labute approximate surface area is 119 Å². The van der Waals surface area contributed by atoms with Crippen molar-refractivity contribution in [2.24, 2.45) is 0 Å². The number of rotatable bonds is 3. The molecule has 2 aromatic carbocycles. The highest BCUT2D eigenvalue weighted by Crippen LogP contribution is 2.26. The Hall–Kier alpha value is -2.49. The molecule has 0 spiro atoms. The molecule has 0 fully saturated rings. The first-order valence-corrected chi connectivity index (χ1v) is 6.43. The quantitative estimate of drug-likeness (QED) is 0.842. The molecule has 4 nitrogen and oxygen atoms in total. The topological polar surface area (TPSA) is 58.4 Å². The van der Waals surface area contributed by atoms with Gasteiger partial charge in [-0.2, -0.15) is 0 Å². The molecule has 0 atom stereocenters. The number of nitrogens with zero attached hydrogens (tertiary/aromatic N) is 1. The van der Waals surface area contributed by atoms with Crippen LogP contribution in [0.5, 0.6) is 0 Å². The minimum atomic E-state index is -0.0564. The fraction of sp³-hybridized carbons (Fsp3) is 0.188. The molecule has 20 heavy (non-hydrogen) atoms. The molecule has 0 aliphatic carbocycles. The summed E-state index contributed by atoms with van der Waals surface area (Å²) < 4.78 is 0. The number of anilines is 3. The second-order valence-corrected chi connectivity index (χ2v) is 4.94. The lowest BCUT2D eigenvalue weighted by molar-refractivity contribution is 0.0827. The lowest BCUT2D eigenvalue weighted by Gasteiger charge is -2.14. The van der Waals surface area contributed by atoms with E-state index in [4.69, 9.17) is 5.73 Å². The summed E-state index contributed by atoms with van der Waals surface area (Å²) in [5.74, 6) is -0.0564. The van der Waals surface area contributed by atoms with Crippen LogP contribution in [0, 0.1) is 6.92 Å². The second kappa shape index (κ2) is 5.65. The molecule has 0 radical (unpaired) electrons. The number of aryl methyl sites for hydroxylation is 1. The molecule has 0 bridgehead atoms. The van der Waals surface area contributed by atoms with Gasteiger partial charge in [-0.15, -0.1) is 0 Å². The Bertz CT molecular complexity index is 635. The van der Waals surface area contributed by atoms with Crippen LogP contribution in [0.4, 0.5) is 17.1 Å². The average Bonchev–Trinajstić information content (AvgIpc) is 2.42. The van der Waals surface area contributed by atoms with Gasteiger partial charge < -0.3 is 16.0 Å². The Morgan fingerprint density at radius 1 is 1.10 bits per heavy atom. The number of carbonyl (C=O) groups excluding carboxylic acids is 1. The highest BCUT2D eigenvalue weighted by molar-refractivity contribution is 5.96. The predicted molar refractivity (Wildman–Crippen MR) is 83.3 cm³/mol. The number of hydrogen-bond acceptors (Lipinski definition) is 3. The van der Waals surface area contributed by atoms with E-state index in [1.807, 2.05) is 37.3 Å². The van der Waals surface area contributed by atoms with Gasteiger partial charge >= 0.3 is 0 Å². The van der Waals surface area contributed by atoms with E-state index in [0.29, 0.717) is 11.3 Å². The van der Waals surface area contributed by atoms with Crippen molar-refractivity contribution in [2.45, 2.75) is 6.92 Å². The maximum absolute atomic E-state index is 11.9. The van der Waals surface area contributed by atoms with E-state index >= 15 is 0 Å². The van der Waals surface area contributed by atoms with Crippen molar-refractivity contribution in [3.63, 3.8) is 0 Å². The highest BCUT2D eigenvalue weighted by Gasteiger charge is 2.10. The van der Waals surface area contributed by atoms with Crippen molar-refractivity contribution in [3.8, 4) is 0 Å². The van der Waals surface area contributed by atoms with Crippen LogP contribution in [0.25, 0.3) is 0 Å². The van der Waals surface area contributed by atoms with E-state index in [0.717, 1.165) is 16.9 Å². The van der Waals surface area contributed by atoms with Crippen LogP contribution < -0.4 is 11.1 Å². The molecule has 0 aliphatic heterocycles. The van der Waals surface area contributed by atoms with Gasteiger partial charge in [-0.3, -0.25) is 4.79 Å². The van der Waals surface area contributed by atoms with E-state index < -0.39 is 0 Å². The highest BCUT2D eigenvalue weighted by atomic mass is 16.2. The summed E-state index contributed by atoms with van der Waals surface area (Å²) >= 11 is 0. The van der Waals surface area contributed by atoms with Gasteiger partial charge in [-0.05, 0) is 36.8 Å². The van der Waals surface area contributed by atoms with Crippen molar-refractivity contribution in [1.29, 1.82) is 0 Å².